The minimum atomic E-state index is -0.718. The third kappa shape index (κ3) is 1.70. The van der Waals surface area contributed by atoms with Crippen molar-refractivity contribution in [2.75, 3.05) is 0 Å². The van der Waals surface area contributed by atoms with Gasteiger partial charge in [0.1, 0.15) is 6.10 Å². The van der Waals surface area contributed by atoms with Gasteiger partial charge in [-0.3, -0.25) is 0 Å². The fourth-order valence-electron chi connectivity index (χ4n) is 1.74. The maximum atomic E-state index is 10.7. The van der Waals surface area contributed by atoms with Gasteiger partial charge in [0, 0.05) is 0 Å². The molecule has 2 saturated heterocycles. The van der Waals surface area contributed by atoms with E-state index in [9.17, 15) is 4.79 Å². The van der Waals surface area contributed by atoms with Crippen LogP contribution in [0.4, 0.5) is 0 Å². The molecule has 2 aliphatic rings. The van der Waals surface area contributed by atoms with Gasteiger partial charge < -0.3 is 9.47 Å². The molecule has 2 rings (SSSR count). The number of hydrogen-bond donors (Lipinski definition) is 0. The maximum Gasteiger partial charge on any atom is 0.385 e. The zero-order valence-corrected chi connectivity index (χ0v) is 8.04. The predicted molar refractivity (Wildman–Crippen MR) is 47.1 cm³/mol. The van der Waals surface area contributed by atoms with Crippen molar-refractivity contribution in [3.63, 3.8) is 0 Å². The Balaban J connectivity index is 1.49. The Bertz CT molecular complexity index is 214. The molecule has 0 aromatic rings. The molecule has 13 heavy (non-hydrogen) atoms. The highest BCUT2D eigenvalue weighted by atomic mass is 16.9. The molecule has 0 radical (unpaired) electrons. The fraction of sp³-hybridized carbons (Fsp3) is 0.900. The van der Waals surface area contributed by atoms with E-state index in [2.05, 4.69) is 6.92 Å². The second-order valence-corrected chi connectivity index (χ2v) is 3.87. The van der Waals surface area contributed by atoms with Gasteiger partial charge in [0.2, 0.25) is 0 Å². The van der Waals surface area contributed by atoms with Crippen molar-refractivity contribution < 1.29 is 14.3 Å². The van der Waals surface area contributed by atoms with E-state index in [4.69, 9.17) is 9.47 Å². The highest BCUT2D eigenvalue weighted by Crippen LogP contribution is 2.52. The molecular weight excluding hydrogens is 168 g/mol. The van der Waals surface area contributed by atoms with Crippen LogP contribution in [-0.2, 0) is 14.3 Å². The van der Waals surface area contributed by atoms with E-state index < -0.39 is 5.79 Å². The van der Waals surface area contributed by atoms with Gasteiger partial charge in [0.05, 0.1) is 0 Å². The van der Waals surface area contributed by atoms with Gasteiger partial charge in [-0.05, 0) is 6.42 Å². The summed E-state index contributed by atoms with van der Waals surface area (Å²) in [5.41, 5.74) is 0. The summed E-state index contributed by atoms with van der Waals surface area (Å²) in [6.45, 7) is 2.20. The van der Waals surface area contributed by atoms with Crippen molar-refractivity contribution >= 4 is 5.97 Å². The molecule has 0 aromatic carbocycles. The Morgan fingerprint density at radius 3 is 2.54 bits per heavy atom. The molecule has 2 fully saturated rings. The molecule has 3 heteroatoms. The molecule has 74 valence electrons. The second-order valence-electron chi connectivity index (χ2n) is 3.87. The third-order valence-corrected chi connectivity index (χ3v) is 2.74. The van der Waals surface area contributed by atoms with Gasteiger partial charge in [-0.25, -0.2) is 4.79 Å². The number of carbonyl (C=O) groups excluding carboxylic acids is 1. The number of epoxide rings is 2. The fourth-order valence-corrected chi connectivity index (χ4v) is 1.74. The molecule has 0 aliphatic carbocycles. The van der Waals surface area contributed by atoms with Crippen molar-refractivity contribution in [2.45, 2.75) is 57.3 Å². The molecule has 0 saturated carbocycles. The molecule has 2 unspecified atom stereocenters. The van der Waals surface area contributed by atoms with E-state index in [1.807, 2.05) is 0 Å². The third-order valence-electron chi connectivity index (χ3n) is 2.74. The standard InChI is InChI=1S/C10H16O3/c1-2-3-4-5-6-7-8-10(12-8)9(11)13-10/h8H,2-7H2,1H3. The van der Waals surface area contributed by atoms with Crippen LogP contribution in [0.3, 0.4) is 0 Å². The van der Waals surface area contributed by atoms with Crippen LogP contribution in [0.15, 0.2) is 0 Å². The van der Waals surface area contributed by atoms with Crippen molar-refractivity contribution in [2.24, 2.45) is 0 Å². The molecule has 0 bridgehead atoms. The summed E-state index contributed by atoms with van der Waals surface area (Å²) in [6.07, 6.45) is 7.35. The van der Waals surface area contributed by atoms with Crippen molar-refractivity contribution in [3.8, 4) is 0 Å². The normalized spacial score (nSPS) is 34.8. The monoisotopic (exact) mass is 184 g/mol. The molecule has 2 aliphatic heterocycles. The van der Waals surface area contributed by atoms with Crippen LogP contribution in [0.2, 0.25) is 0 Å². The summed E-state index contributed by atoms with van der Waals surface area (Å²) in [7, 11) is 0. The number of carbonyl (C=O) groups is 1. The van der Waals surface area contributed by atoms with Gasteiger partial charge in [0.25, 0.3) is 0 Å². The van der Waals surface area contributed by atoms with E-state index >= 15 is 0 Å². The summed E-state index contributed by atoms with van der Waals surface area (Å²) in [5.74, 6) is -0.879. The Hall–Kier alpha value is -0.570. The van der Waals surface area contributed by atoms with E-state index in [0.717, 1.165) is 12.8 Å². The van der Waals surface area contributed by atoms with Crippen molar-refractivity contribution in [1.29, 1.82) is 0 Å². The van der Waals surface area contributed by atoms with Crippen molar-refractivity contribution in [1.82, 2.24) is 0 Å². The van der Waals surface area contributed by atoms with E-state index in [-0.39, 0.29) is 12.1 Å². The van der Waals surface area contributed by atoms with Gasteiger partial charge in [-0.2, -0.15) is 0 Å². The first-order valence-electron chi connectivity index (χ1n) is 5.21. The molecule has 1 spiro atoms. The average Bonchev–Trinajstić information content (AvgIpc) is 2.95. The maximum absolute atomic E-state index is 10.7. The quantitative estimate of drug-likeness (QED) is 0.468. The first-order chi connectivity index (χ1) is 6.29. The van der Waals surface area contributed by atoms with Crippen LogP contribution in [0.25, 0.3) is 0 Å². The lowest BCUT2D eigenvalue weighted by molar-refractivity contribution is -0.117. The molecule has 3 nitrogen and oxygen atoms in total. The van der Waals surface area contributed by atoms with Gasteiger partial charge in [0.15, 0.2) is 0 Å². The lowest BCUT2D eigenvalue weighted by Gasteiger charge is -1.95. The largest absolute Gasteiger partial charge is 0.414 e. The summed E-state index contributed by atoms with van der Waals surface area (Å²) in [5, 5.41) is 0. The molecule has 0 aromatic heterocycles. The van der Waals surface area contributed by atoms with Gasteiger partial charge >= 0.3 is 11.8 Å². The molecule has 2 atom stereocenters. The summed E-state index contributed by atoms with van der Waals surface area (Å²) >= 11 is 0. The smallest absolute Gasteiger partial charge is 0.385 e. The molecule has 2 heterocycles. The predicted octanol–water partition coefficient (Wildman–Crippen LogP) is 2.00. The topological polar surface area (TPSA) is 42.1 Å². The number of hydrogen-bond acceptors (Lipinski definition) is 3. The average molecular weight is 184 g/mol. The summed E-state index contributed by atoms with van der Waals surface area (Å²) in [6, 6.07) is 0. The first-order valence-corrected chi connectivity index (χ1v) is 5.21. The molecule has 0 amide bonds. The number of ether oxygens (including phenoxy) is 2. The minimum Gasteiger partial charge on any atom is -0.414 e. The van der Waals surface area contributed by atoms with Crippen LogP contribution in [-0.4, -0.2) is 17.9 Å². The lowest BCUT2D eigenvalue weighted by atomic mass is 10.1. The Morgan fingerprint density at radius 1 is 1.31 bits per heavy atom. The van der Waals surface area contributed by atoms with Crippen LogP contribution in [0.5, 0.6) is 0 Å². The van der Waals surface area contributed by atoms with Crippen LogP contribution >= 0.6 is 0 Å². The summed E-state index contributed by atoms with van der Waals surface area (Å²) in [4.78, 5) is 10.7. The highest BCUT2D eigenvalue weighted by Gasteiger charge is 2.79. The zero-order chi connectivity index (χ0) is 9.31. The Morgan fingerprint density at radius 2 is 2.00 bits per heavy atom. The van der Waals surface area contributed by atoms with Crippen LogP contribution < -0.4 is 0 Å². The van der Waals surface area contributed by atoms with Crippen molar-refractivity contribution in [3.05, 3.63) is 0 Å². The van der Waals surface area contributed by atoms with E-state index in [0.29, 0.717) is 0 Å². The number of rotatable bonds is 6. The van der Waals surface area contributed by atoms with Gasteiger partial charge in [-0.1, -0.05) is 39.0 Å². The zero-order valence-electron chi connectivity index (χ0n) is 8.04. The van der Waals surface area contributed by atoms with E-state index in [1.165, 1.54) is 25.7 Å². The van der Waals surface area contributed by atoms with Crippen LogP contribution in [0.1, 0.15) is 45.4 Å². The van der Waals surface area contributed by atoms with Gasteiger partial charge in [-0.15, -0.1) is 0 Å². The first kappa shape index (κ1) is 9.00. The van der Waals surface area contributed by atoms with Crippen LogP contribution in [0, 0.1) is 0 Å². The minimum absolute atomic E-state index is 0.0848. The molecule has 0 N–H and O–H groups in total. The van der Waals surface area contributed by atoms with E-state index in [1.54, 1.807) is 0 Å². The highest BCUT2D eigenvalue weighted by molar-refractivity contribution is 5.94. The Labute approximate surface area is 78.4 Å². The molecular formula is C10H16O3. The lowest BCUT2D eigenvalue weighted by Crippen LogP contribution is -1.96. The Kier molecular flexibility index (Phi) is 2.28. The summed E-state index contributed by atoms with van der Waals surface area (Å²) < 4.78 is 9.91. The SMILES string of the molecule is CCCCCCCC1OC12OC2=O. The number of unbranched alkanes of at least 4 members (excludes halogenated alkanes) is 4. The second kappa shape index (κ2) is 3.29.